The zero-order valence-corrected chi connectivity index (χ0v) is 11.9. The number of hydrogen-bond acceptors (Lipinski definition) is 5. The van der Waals surface area contributed by atoms with Gasteiger partial charge in [0.2, 0.25) is 0 Å². The minimum absolute atomic E-state index is 0.145. The zero-order chi connectivity index (χ0) is 15.0. The summed E-state index contributed by atoms with van der Waals surface area (Å²) in [6.45, 7) is 0. The third-order valence-electron chi connectivity index (χ3n) is 2.19. The monoisotopic (exact) mass is 342 g/mol. The maximum atomic E-state index is 12.4. The third kappa shape index (κ3) is 3.62. The van der Waals surface area contributed by atoms with Gasteiger partial charge in [0.1, 0.15) is 0 Å². The molecule has 0 aliphatic carbocycles. The van der Waals surface area contributed by atoms with Crippen LogP contribution in [0.15, 0.2) is 34.7 Å². The lowest BCUT2D eigenvalue weighted by atomic mass is 10.2. The molecule has 0 aliphatic heterocycles. The summed E-state index contributed by atoms with van der Waals surface area (Å²) in [5.74, 6) is 0. The molecule has 0 aliphatic rings. The molecule has 0 amide bonds. The third-order valence-corrected chi connectivity index (χ3v) is 5.16. The smallest absolute Gasteiger partial charge is 0.332 e. The number of nitrogens with zero attached hydrogens (tertiary/aromatic N) is 1. The van der Waals surface area contributed by atoms with Gasteiger partial charge in [0, 0.05) is 16.4 Å². The van der Waals surface area contributed by atoms with Crippen LogP contribution < -0.4 is 5.32 Å². The maximum Gasteiger partial charge on any atom is 0.416 e. The topological polar surface area (TPSA) is 59.1 Å². The Labute approximate surface area is 120 Å². The van der Waals surface area contributed by atoms with Crippen molar-refractivity contribution in [3.05, 3.63) is 36.0 Å². The van der Waals surface area contributed by atoms with Crippen LogP contribution >= 0.6 is 22.0 Å². The molecular formula is C10H6ClF3N2O2S2. The summed E-state index contributed by atoms with van der Waals surface area (Å²) in [6.07, 6.45) is -3.33. The highest BCUT2D eigenvalue weighted by Crippen LogP contribution is 2.31. The van der Waals surface area contributed by atoms with Crippen molar-refractivity contribution < 1.29 is 21.6 Å². The summed E-state index contributed by atoms with van der Waals surface area (Å²) in [5.41, 5.74) is -0.419. The Hall–Kier alpha value is -1.32. The van der Waals surface area contributed by atoms with Gasteiger partial charge in [-0.1, -0.05) is 11.3 Å². The Bertz CT molecular complexity index is 711. The first kappa shape index (κ1) is 15.1. The molecule has 0 bridgehead atoms. The second-order valence-corrected chi connectivity index (χ2v) is 7.45. The average molecular weight is 343 g/mol. The number of nitrogens with one attached hydrogen (secondary N) is 1. The molecule has 0 atom stereocenters. The minimum Gasteiger partial charge on any atom is -0.332 e. The Morgan fingerprint density at radius 1 is 1.20 bits per heavy atom. The SMILES string of the molecule is O=S(=O)(Cl)c1cnc(Nc2ccc(C(F)(F)F)cc2)s1. The number of benzene rings is 1. The molecule has 0 fully saturated rings. The minimum atomic E-state index is -4.40. The van der Waals surface area contributed by atoms with Gasteiger partial charge in [-0.25, -0.2) is 13.4 Å². The highest BCUT2D eigenvalue weighted by atomic mass is 35.7. The summed E-state index contributed by atoms with van der Waals surface area (Å²) in [5, 5.41) is 2.90. The molecule has 0 unspecified atom stereocenters. The quantitative estimate of drug-likeness (QED) is 0.861. The van der Waals surface area contributed by atoms with Crippen molar-refractivity contribution in [3.8, 4) is 0 Å². The van der Waals surface area contributed by atoms with E-state index < -0.39 is 20.8 Å². The number of thiazole rings is 1. The Morgan fingerprint density at radius 3 is 2.25 bits per heavy atom. The van der Waals surface area contributed by atoms with Crippen molar-refractivity contribution in [1.29, 1.82) is 0 Å². The predicted molar refractivity (Wildman–Crippen MR) is 69.9 cm³/mol. The van der Waals surface area contributed by atoms with Gasteiger partial charge in [-0.05, 0) is 24.3 Å². The van der Waals surface area contributed by atoms with Crippen LogP contribution in [-0.4, -0.2) is 13.4 Å². The summed E-state index contributed by atoms with van der Waals surface area (Å²) in [7, 11) is 1.27. The molecule has 10 heteroatoms. The highest BCUT2D eigenvalue weighted by molar-refractivity contribution is 8.15. The number of anilines is 2. The molecule has 4 nitrogen and oxygen atoms in total. The molecule has 0 radical (unpaired) electrons. The zero-order valence-electron chi connectivity index (χ0n) is 9.48. The molecule has 1 heterocycles. The van der Waals surface area contributed by atoms with Gasteiger partial charge in [-0.2, -0.15) is 13.2 Å². The summed E-state index contributed by atoms with van der Waals surface area (Å²) in [6, 6.07) is 4.27. The van der Waals surface area contributed by atoms with E-state index in [0.717, 1.165) is 29.7 Å². The lowest BCUT2D eigenvalue weighted by Crippen LogP contribution is -2.04. The molecule has 0 spiro atoms. The molecule has 1 aromatic carbocycles. The van der Waals surface area contributed by atoms with Gasteiger partial charge in [0.05, 0.1) is 11.8 Å². The predicted octanol–water partition coefficient (Wildman–Crippen LogP) is 3.83. The van der Waals surface area contributed by atoms with Crippen LogP contribution in [0.3, 0.4) is 0 Å². The second-order valence-electron chi connectivity index (χ2n) is 3.62. The summed E-state index contributed by atoms with van der Waals surface area (Å²) in [4.78, 5) is 3.77. The number of rotatable bonds is 3. The number of aromatic nitrogens is 1. The van der Waals surface area contributed by atoms with E-state index in [1.807, 2.05) is 0 Å². The van der Waals surface area contributed by atoms with Crippen LogP contribution in [0.1, 0.15) is 5.56 Å². The van der Waals surface area contributed by atoms with E-state index in [1.165, 1.54) is 12.1 Å². The van der Waals surface area contributed by atoms with Crippen LogP contribution in [-0.2, 0) is 15.2 Å². The van der Waals surface area contributed by atoms with E-state index in [2.05, 4.69) is 10.3 Å². The van der Waals surface area contributed by atoms with Gasteiger partial charge in [0.15, 0.2) is 9.34 Å². The van der Waals surface area contributed by atoms with E-state index in [0.29, 0.717) is 5.69 Å². The van der Waals surface area contributed by atoms with Crippen molar-refractivity contribution >= 4 is 41.9 Å². The fourth-order valence-corrected chi connectivity index (χ4v) is 3.08. The van der Waals surface area contributed by atoms with Crippen LogP contribution in [0, 0.1) is 0 Å². The Morgan fingerprint density at radius 2 is 1.80 bits per heavy atom. The van der Waals surface area contributed by atoms with Crippen molar-refractivity contribution in [2.45, 2.75) is 10.4 Å². The average Bonchev–Trinajstić information content (AvgIpc) is 2.77. The molecular weight excluding hydrogens is 337 g/mol. The van der Waals surface area contributed by atoms with Crippen molar-refractivity contribution in [1.82, 2.24) is 4.98 Å². The Balaban J connectivity index is 2.17. The first-order valence-electron chi connectivity index (χ1n) is 5.01. The van der Waals surface area contributed by atoms with Gasteiger partial charge in [0.25, 0.3) is 9.05 Å². The Kier molecular flexibility index (Phi) is 3.94. The lowest BCUT2D eigenvalue weighted by molar-refractivity contribution is -0.137. The second kappa shape index (κ2) is 5.23. The largest absolute Gasteiger partial charge is 0.416 e. The highest BCUT2D eigenvalue weighted by Gasteiger charge is 2.29. The van der Waals surface area contributed by atoms with Crippen LogP contribution in [0.25, 0.3) is 0 Å². The summed E-state index contributed by atoms with van der Waals surface area (Å²) < 4.78 is 59.0. The van der Waals surface area contributed by atoms with Crippen molar-refractivity contribution in [3.63, 3.8) is 0 Å². The van der Waals surface area contributed by atoms with Crippen LogP contribution in [0.2, 0.25) is 0 Å². The number of halogens is 4. The van der Waals surface area contributed by atoms with Crippen LogP contribution in [0.5, 0.6) is 0 Å². The van der Waals surface area contributed by atoms with Gasteiger partial charge < -0.3 is 5.32 Å². The van der Waals surface area contributed by atoms with E-state index in [9.17, 15) is 21.6 Å². The fraction of sp³-hybridized carbons (Fsp3) is 0.100. The molecule has 20 heavy (non-hydrogen) atoms. The van der Waals surface area contributed by atoms with Gasteiger partial charge >= 0.3 is 6.18 Å². The molecule has 1 aromatic heterocycles. The standard InChI is InChI=1S/C10H6ClF3N2O2S2/c11-20(17,18)8-5-15-9(19-8)16-7-3-1-6(2-4-7)10(12,13)14/h1-5H,(H,15,16). The first-order valence-corrected chi connectivity index (χ1v) is 8.13. The van der Waals surface area contributed by atoms with E-state index in [1.54, 1.807) is 0 Å². The van der Waals surface area contributed by atoms with Gasteiger partial charge in [-0.15, -0.1) is 0 Å². The van der Waals surface area contributed by atoms with E-state index >= 15 is 0 Å². The number of alkyl halides is 3. The molecule has 2 aromatic rings. The normalized spacial score (nSPS) is 12.4. The molecule has 108 valence electrons. The molecule has 2 rings (SSSR count). The van der Waals surface area contributed by atoms with Crippen molar-refractivity contribution in [2.75, 3.05) is 5.32 Å². The first-order chi connectivity index (χ1) is 9.16. The van der Waals surface area contributed by atoms with E-state index in [-0.39, 0.29) is 9.34 Å². The maximum absolute atomic E-state index is 12.4. The van der Waals surface area contributed by atoms with E-state index in [4.69, 9.17) is 10.7 Å². The van der Waals surface area contributed by atoms with Gasteiger partial charge in [-0.3, -0.25) is 0 Å². The molecule has 0 saturated carbocycles. The molecule has 0 saturated heterocycles. The lowest BCUT2D eigenvalue weighted by Gasteiger charge is -2.07. The van der Waals surface area contributed by atoms with Crippen LogP contribution in [0.4, 0.5) is 24.0 Å². The summed E-state index contributed by atoms with van der Waals surface area (Å²) >= 11 is 0.780. The molecule has 1 N–H and O–H groups in total. The van der Waals surface area contributed by atoms with Crippen molar-refractivity contribution in [2.24, 2.45) is 0 Å². The number of hydrogen-bond donors (Lipinski definition) is 1. The fourth-order valence-electron chi connectivity index (χ4n) is 1.30.